The fourth-order valence-electron chi connectivity index (χ4n) is 2.29. The molecule has 0 saturated carbocycles. The molecule has 0 radical (unpaired) electrons. The molecule has 0 spiro atoms. The first-order valence-corrected chi connectivity index (χ1v) is 9.42. The Morgan fingerprint density at radius 2 is 1.96 bits per heavy atom. The van der Waals surface area contributed by atoms with Crippen LogP contribution in [-0.4, -0.2) is 37.7 Å². The molecule has 0 saturated heterocycles. The molecular weight excluding hydrogens is 342 g/mol. The summed E-state index contributed by atoms with van der Waals surface area (Å²) >= 11 is 0. The van der Waals surface area contributed by atoms with Gasteiger partial charge in [-0.05, 0) is 37.7 Å². The number of aromatic nitrogens is 2. The van der Waals surface area contributed by atoms with Gasteiger partial charge in [-0.2, -0.15) is 5.10 Å². The molecule has 0 fully saturated rings. The number of aryl methyl sites for hydroxylation is 1. The van der Waals surface area contributed by atoms with E-state index in [1.807, 2.05) is 6.92 Å². The molecule has 0 aliphatic heterocycles. The number of carbonyl (C=O) groups excluding carboxylic acids is 1. The lowest BCUT2D eigenvalue weighted by Crippen LogP contribution is -2.30. The first-order valence-electron chi connectivity index (χ1n) is 7.93. The van der Waals surface area contributed by atoms with Crippen LogP contribution in [0, 0.1) is 0 Å². The lowest BCUT2D eigenvalue weighted by molar-refractivity contribution is -0.118. The number of sulfonamides is 1. The highest BCUT2D eigenvalue weighted by molar-refractivity contribution is 7.89. The van der Waals surface area contributed by atoms with E-state index >= 15 is 0 Å². The summed E-state index contributed by atoms with van der Waals surface area (Å²) in [6.45, 7) is 2.28. The van der Waals surface area contributed by atoms with Gasteiger partial charge >= 0.3 is 0 Å². The molecular formula is C16H23N5O3S. The highest BCUT2D eigenvalue weighted by Gasteiger charge is 2.20. The van der Waals surface area contributed by atoms with E-state index in [1.54, 1.807) is 43.3 Å². The number of amides is 1. The Labute approximate surface area is 147 Å². The maximum absolute atomic E-state index is 12.4. The third-order valence-electron chi connectivity index (χ3n) is 3.58. The van der Waals surface area contributed by atoms with Crippen LogP contribution in [0.25, 0.3) is 0 Å². The van der Waals surface area contributed by atoms with Crippen LogP contribution in [0.1, 0.15) is 24.9 Å². The number of likely N-dealkylation sites (N-methyl/N-ethyl adjacent to an activating group) is 1. The molecule has 1 atom stereocenters. The van der Waals surface area contributed by atoms with Crippen LogP contribution >= 0.6 is 0 Å². The quantitative estimate of drug-likeness (QED) is 0.647. The Balaban J connectivity index is 2.08. The summed E-state index contributed by atoms with van der Waals surface area (Å²) in [5.41, 5.74) is 1.26. The van der Waals surface area contributed by atoms with E-state index in [2.05, 4.69) is 20.5 Å². The van der Waals surface area contributed by atoms with Crippen molar-refractivity contribution >= 4 is 21.6 Å². The number of hydrogen-bond donors (Lipinski definition) is 3. The van der Waals surface area contributed by atoms with Crippen LogP contribution in [0.5, 0.6) is 0 Å². The van der Waals surface area contributed by atoms with Crippen molar-refractivity contribution in [2.45, 2.75) is 24.3 Å². The Bertz CT molecular complexity index is 815. The van der Waals surface area contributed by atoms with Crippen molar-refractivity contribution in [1.82, 2.24) is 19.8 Å². The van der Waals surface area contributed by atoms with Gasteiger partial charge in [-0.25, -0.2) is 13.1 Å². The average molecular weight is 365 g/mol. The molecule has 0 bridgehead atoms. The standard InChI is InChI=1S/C16H23N5O3S/c1-4-9-19-25(23,24)14-7-5-13(6-8-14)20-16(22)15(17-2)12-10-18-21(3)11-12/h5-8,10-11,15,17,19H,4,9H2,1-3H3,(H,20,22). The lowest BCUT2D eigenvalue weighted by Gasteiger charge is -2.15. The van der Waals surface area contributed by atoms with Crippen molar-refractivity contribution in [3.63, 3.8) is 0 Å². The normalized spacial score (nSPS) is 12.8. The Hall–Kier alpha value is -2.23. The van der Waals surface area contributed by atoms with Crippen molar-refractivity contribution < 1.29 is 13.2 Å². The Morgan fingerprint density at radius 3 is 2.48 bits per heavy atom. The van der Waals surface area contributed by atoms with E-state index in [0.717, 1.165) is 5.56 Å². The van der Waals surface area contributed by atoms with E-state index in [4.69, 9.17) is 0 Å². The van der Waals surface area contributed by atoms with Crippen LogP contribution in [0.2, 0.25) is 0 Å². The van der Waals surface area contributed by atoms with Gasteiger partial charge in [0.2, 0.25) is 15.9 Å². The van der Waals surface area contributed by atoms with Gasteiger partial charge < -0.3 is 10.6 Å². The zero-order valence-electron chi connectivity index (χ0n) is 14.5. The number of anilines is 1. The molecule has 136 valence electrons. The number of nitrogens with zero attached hydrogens (tertiary/aromatic N) is 2. The van der Waals surface area contributed by atoms with Crippen molar-refractivity contribution in [3.05, 3.63) is 42.2 Å². The van der Waals surface area contributed by atoms with Crippen molar-refractivity contribution in [2.75, 3.05) is 18.9 Å². The van der Waals surface area contributed by atoms with Crippen LogP contribution in [0.3, 0.4) is 0 Å². The van der Waals surface area contributed by atoms with Crippen LogP contribution in [-0.2, 0) is 21.9 Å². The monoisotopic (exact) mass is 365 g/mol. The zero-order chi connectivity index (χ0) is 18.4. The summed E-state index contributed by atoms with van der Waals surface area (Å²) in [6, 6.07) is 5.50. The first-order chi connectivity index (χ1) is 11.9. The SMILES string of the molecule is CCCNS(=O)(=O)c1ccc(NC(=O)C(NC)c2cnn(C)c2)cc1. The fourth-order valence-corrected chi connectivity index (χ4v) is 3.42. The van der Waals surface area contributed by atoms with Crippen LogP contribution < -0.4 is 15.4 Å². The molecule has 25 heavy (non-hydrogen) atoms. The zero-order valence-corrected chi connectivity index (χ0v) is 15.3. The molecule has 3 N–H and O–H groups in total. The lowest BCUT2D eigenvalue weighted by atomic mass is 10.1. The smallest absolute Gasteiger partial charge is 0.246 e. The molecule has 1 aromatic heterocycles. The largest absolute Gasteiger partial charge is 0.324 e. The minimum Gasteiger partial charge on any atom is -0.324 e. The summed E-state index contributed by atoms with van der Waals surface area (Å²) in [5, 5.41) is 9.77. The topological polar surface area (TPSA) is 105 Å². The molecule has 0 aliphatic rings. The van der Waals surface area contributed by atoms with Gasteiger partial charge in [0.15, 0.2) is 0 Å². The number of hydrogen-bond acceptors (Lipinski definition) is 5. The van der Waals surface area contributed by atoms with Crippen molar-refractivity contribution in [2.24, 2.45) is 7.05 Å². The van der Waals surface area contributed by atoms with E-state index in [9.17, 15) is 13.2 Å². The second-order valence-electron chi connectivity index (χ2n) is 5.58. The minimum atomic E-state index is -3.51. The minimum absolute atomic E-state index is 0.163. The molecule has 2 rings (SSSR count). The molecule has 1 heterocycles. The molecule has 1 unspecified atom stereocenters. The summed E-state index contributed by atoms with van der Waals surface area (Å²) < 4.78 is 28.2. The van der Waals surface area contributed by atoms with Crippen LogP contribution in [0.15, 0.2) is 41.6 Å². The number of carbonyl (C=O) groups is 1. The number of benzene rings is 1. The molecule has 1 amide bonds. The predicted octanol–water partition coefficient (Wildman–Crippen LogP) is 1.01. The van der Waals surface area contributed by atoms with Crippen LogP contribution in [0.4, 0.5) is 5.69 Å². The highest BCUT2D eigenvalue weighted by atomic mass is 32.2. The van der Waals surface area contributed by atoms with Gasteiger partial charge in [-0.1, -0.05) is 6.92 Å². The summed E-state index contributed by atoms with van der Waals surface area (Å²) in [4.78, 5) is 12.6. The third kappa shape index (κ3) is 4.88. The van der Waals surface area contributed by atoms with Gasteiger partial charge in [0.05, 0.1) is 11.1 Å². The van der Waals surface area contributed by atoms with E-state index in [0.29, 0.717) is 18.7 Å². The number of nitrogens with one attached hydrogen (secondary N) is 3. The summed E-state index contributed by atoms with van der Waals surface area (Å²) in [5.74, 6) is -0.254. The maximum Gasteiger partial charge on any atom is 0.246 e. The second-order valence-corrected chi connectivity index (χ2v) is 7.35. The van der Waals surface area contributed by atoms with E-state index in [1.165, 1.54) is 12.1 Å². The average Bonchev–Trinajstić information content (AvgIpc) is 3.00. The highest BCUT2D eigenvalue weighted by Crippen LogP contribution is 2.17. The Kier molecular flexibility index (Phi) is 6.29. The van der Waals surface area contributed by atoms with Gasteiger partial charge in [0.1, 0.15) is 6.04 Å². The molecule has 8 nitrogen and oxygen atoms in total. The van der Waals surface area contributed by atoms with E-state index in [-0.39, 0.29) is 10.8 Å². The molecule has 1 aromatic carbocycles. The third-order valence-corrected chi connectivity index (χ3v) is 5.06. The van der Waals surface area contributed by atoms with Crippen molar-refractivity contribution in [1.29, 1.82) is 0 Å². The van der Waals surface area contributed by atoms with Crippen molar-refractivity contribution in [3.8, 4) is 0 Å². The number of rotatable bonds is 8. The molecule has 2 aromatic rings. The fraction of sp³-hybridized carbons (Fsp3) is 0.375. The molecule has 0 aliphatic carbocycles. The Morgan fingerprint density at radius 1 is 1.28 bits per heavy atom. The van der Waals surface area contributed by atoms with E-state index < -0.39 is 16.1 Å². The van der Waals surface area contributed by atoms with Gasteiger partial charge in [-0.3, -0.25) is 9.48 Å². The predicted molar refractivity (Wildman–Crippen MR) is 95.6 cm³/mol. The first kappa shape index (κ1) is 19.1. The van der Waals surface area contributed by atoms with Gasteiger partial charge in [0.25, 0.3) is 0 Å². The second kappa shape index (κ2) is 8.24. The maximum atomic E-state index is 12.4. The van der Waals surface area contributed by atoms with Gasteiger partial charge in [-0.15, -0.1) is 0 Å². The molecule has 9 heteroatoms. The van der Waals surface area contributed by atoms with Gasteiger partial charge in [0, 0.05) is 31.0 Å². The summed E-state index contributed by atoms with van der Waals surface area (Å²) in [6.07, 6.45) is 4.10. The summed E-state index contributed by atoms with van der Waals surface area (Å²) in [7, 11) is -0.0505.